The van der Waals surface area contributed by atoms with Crippen LogP contribution in [0.3, 0.4) is 0 Å². The highest BCUT2D eigenvalue weighted by Crippen LogP contribution is 2.36. The molecule has 1 aliphatic rings. The Morgan fingerprint density at radius 2 is 2.04 bits per heavy atom. The minimum atomic E-state index is 0.101. The van der Waals surface area contributed by atoms with Gasteiger partial charge in [0.15, 0.2) is 0 Å². The van der Waals surface area contributed by atoms with E-state index in [9.17, 15) is 5.21 Å². The lowest BCUT2D eigenvalue weighted by Crippen LogP contribution is -2.22. The fraction of sp³-hybridized carbons (Fsp3) is 0.250. The Kier molecular flexibility index (Phi) is 3.73. The number of benzene rings is 2. The van der Waals surface area contributed by atoms with E-state index in [-0.39, 0.29) is 5.92 Å². The molecule has 0 fully saturated rings. The van der Waals surface area contributed by atoms with Crippen molar-refractivity contribution in [1.82, 2.24) is 4.98 Å². The van der Waals surface area contributed by atoms with Gasteiger partial charge in [-0.2, -0.15) is 0 Å². The Morgan fingerprint density at radius 3 is 2.88 bits per heavy atom. The molecule has 4 rings (SSSR count). The van der Waals surface area contributed by atoms with Gasteiger partial charge in [0.2, 0.25) is 0 Å². The van der Waals surface area contributed by atoms with Gasteiger partial charge in [-0.05, 0) is 48.1 Å². The molecule has 0 unspecified atom stereocenters. The van der Waals surface area contributed by atoms with Crippen LogP contribution in [0, 0.1) is 0 Å². The van der Waals surface area contributed by atoms with Crippen molar-refractivity contribution in [2.45, 2.75) is 25.2 Å². The first-order valence-electron chi connectivity index (χ1n) is 8.23. The van der Waals surface area contributed by atoms with Crippen molar-refractivity contribution in [1.29, 1.82) is 0 Å². The highest BCUT2D eigenvalue weighted by molar-refractivity contribution is 5.94. The molecule has 2 aromatic carbocycles. The van der Waals surface area contributed by atoms with Crippen molar-refractivity contribution >= 4 is 16.6 Å². The number of hydrogen-bond acceptors (Lipinski definition) is 3. The van der Waals surface area contributed by atoms with E-state index in [1.165, 1.54) is 16.7 Å². The maximum absolute atomic E-state index is 9.49. The number of oxime groups is 1. The number of aromatic nitrogens is 1. The zero-order valence-corrected chi connectivity index (χ0v) is 13.6. The van der Waals surface area contributed by atoms with Crippen molar-refractivity contribution in [3.63, 3.8) is 0 Å². The van der Waals surface area contributed by atoms with Crippen LogP contribution in [-0.2, 0) is 12.8 Å². The largest absolute Gasteiger partial charge is 0.496 e. The molecule has 0 saturated carbocycles. The molecule has 122 valence electrons. The summed E-state index contributed by atoms with van der Waals surface area (Å²) in [4.78, 5) is 3.33. The molecule has 2 N–H and O–H groups in total. The topological polar surface area (TPSA) is 57.6 Å². The van der Waals surface area contributed by atoms with Gasteiger partial charge in [-0.1, -0.05) is 35.5 Å². The zero-order valence-electron chi connectivity index (χ0n) is 13.6. The van der Waals surface area contributed by atoms with Gasteiger partial charge in [0.1, 0.15) is 5.75 Å². The minimum absolute atomic E-state index is 0.101. The molecule has 3 aromatic rings. The van der Waals surface area contributed by atoms with Crippen LogP contribution in [0.5, 0.6) is 5.75 Å². The van der Waals surface area contributed by atoms with E-state index in [2.05, 4.69) is 40.5 Å². The molecule has 1 heterocycles. The zero-order chi connectivity index (χ0) is 16.5. The van der Waals surface area contributed by atoms with E-state index in [1.54, 1.807) is 7.11 Å². The van der Waals surface area contributed by atoms with Gasteiger partial charge < -0.3 is 14.9 Å². The van der Waals surface area contributed by atoms with E-state index in [0.29, 0.717) is 0 Å². The second-order valence-corrected chi connectivity index (χ2v) is 6.24. The average Bonchev–Trinajstić information content (AvgIpc) is 3.05. The van der Waals surface area contributed by atoms with Crippen LogP contribution < -0.4 is 4.74 Å². The Hall–Kier alpha value is -2.75. The number of nitrogens with zero attached hydrogens (tertiary/aromatic N) is 1. The monoisotopic (exact) mass is 320 g/mol. The summed E-state index contributed by atoms with van der Waals surface area (Å²) in [5.74, 6) is 0.971. The summed E-state index contributed by atoms with van der Waals surface area (Å²) < 4.78 is 5.54. The smallest absolute Gasteiger partial charge is 0.128 e. The molecule has 24 heavy (non-hydrogen) atoms. The van der Waals surface area contributed by atoms with Crippen LogP contribution >= 0.6 is 0 Å². The first-order valence-corrected chi connectivity index (χ1v) is 8.23. The molecule has 0 saturated heterocycles. The molecule has 1 atom stereocenters. The number of nitrogens with one attached hydrogen (secondary N) is 1. The van der Waals surface area contributed by atoms with Gasteiger partial charge in [0, 0.05) is 23.0 Å². The quantitative estimate of drug-likeness (QED) is 0.559. The van der Waals surface area contributed by atoms with Crippen LogP contribution in [0.4, 0.5) is 0 Å². The molecule has 1 aromatic heterocycles. The Bertz CT molecular complexity index is 911. The Balaban J connectivity index is 1.80. The Morgan fingerprint density at radius 1 is 1.17 bits per heavy atom. The Labute approximate surface area is 140 Å². The summed E-state index contributed by atoms with van der Waals surface area (Å²) in [6.45, 7) is 0. The summed E-state index contributed by atoms with van der Waals surface area (Å²) in [5.41, 5.74) is 5.72. The number of aryl methyl sites for hydroxylation is 1. The molecule has 1 aliphatic carbocycles. The van der Waals surface area contributed by atoms with Crippen LogP contribution in [-0.4, -0.2) is 23.0 Å². The molecule has 0 amide bonds. The molecular formula is C20H20N2O2. The first kappa shape index (κ1) is 14.8. The SMILES string of the molecule is COc1cccc2[nH]cc(C[C@@H]3/C(=N/O)CCc4ccccc43)c12. The van der Waals surface area contributed by atoms with Gasteiger partial charge in [-0.25, -0.2) is 0 Å². The third-order valence-electron chi connectivity index (χ3n) is 5.00. The fourth-order valence-corrected chi connectivity index (χ4v) is 3.84. The van der Waals surface area contributed by atoms with Gasteiger partial charge in [0.05, 0.1) is 12.8 Å². The van der Waals surface area contributed by atoms with Crippen molar-refractivity contribution in [2.24, 2.45) is 5.16 Å². The fourth-order valence-electron chi connectivity index (χ4n) is 3.84. The summed E-state index contributed by atoms with van der Waals surface area (Å²) in [6, 6.07) is 14.5. The minimum Gasteiger partial charge on any atom is -0.496 e. The number of ether oxygens (including phenoxy) is 1. The summed E-state index contributed by atoms with van der Waals surface area (Å²) >= 11 is 0. The summed E-state index contributed by atoms with van der Waals surface area (Å²) in [6.07, 6.45) is 4.57. The highest BCUT2D eigenvalue weighted by atomic mass is 16.5. The van der Waals surface area contributed by atoms with Gasteiger partial charge >= 0.3 is 0 Å². The van der Waals surface area contributed by atoms with Gasteiger partial charge in [-0.3, -0.25) is 0 Å². The summed E-state index contributed by atoms with van der Waals surface area (Å²) in [7, 11) is 1.70. The van der Waals surface area contributed by atoms with E-state index in [1.807, 2.05) is 18.3 Å². The second kappa shape index (κ2) is 6.04. The highest BCUT2D eigenvalue weighted by Gasteiger charge is 2.27. The third-order valence-corrected chi connectivity index (χ3v) is 5.00. The predicted octanol–water partition coefficient (Wildman–Crippen LogP) is 4.28. The molecule has 0 aliphatic heterocycles. The average molecular weight is 320 g/mol. The standard InChI is InChI=1S/C20H20N2O2/c1-24-19-8-4-7-18-20(19)14(12-21-18)11-16-15-6-3-2-5-13(15)9-10-17(16)22-23/h2-8,12,16,21,23H,9-11H2,1H3/b22-17+/t16-/m0/s1. The van der Waals surface area contributed by atoms with Crippen molar-refractivity contribution < 1.29 is 9.94 Å². The number of fused-ring (bicyclic) bond motifs is 2. The van der Waals surface area contributed by atoms with E-state index < -0.39 is 0 Å². The number of rotatable bonds is 3. The van der Waals surface area contributed by atoms with Crippen molar-refractivity contribution in [3.8, 4) is 5.75 Å². The normalized spacial score (nSPS) is 18.7. The molecule has 0 radical (unpaired) electrons. The van der Waals surface area contributed by atoms with E-state index >= 15 is 0 Å². The lowest BCUT2D eigenvalue weighted by atomic mass is 9.78. The maximum Gasteiger partial charge on any atom is 0.128 e. The lowest BCUT2D eigenvalue weighted by Gasteiger charge is -2.26. The molecule has 4 heteroatoms. The van der Waals surface area contributed by atoms with Crippen molar-refractivity contribution in [3.05, 3.63) is 65.4 Å². The van der Waals surface area contributed by atoms with E-state index in [0.717, 1.165) is 41.6 Å². The van der Waals surface area contributed by atoms with Crippen LogP contribution in [0.1, 0.15) is 29.0 Å². The van der Waals surface area contributed by atoms with E-state index in [4.69, 9.17) is 4.74 Å². The van der Waals surface area contributed by atoms with Gasteiger partial charge in [-0.15, -0.1) is 0 Å². The third kappa shape index (κ3) is 2.35. The molecule has 0 bridgehead atoms. The maximum atomic E-state index is 9.49. The van der Waals surface area contributed by atoms with Crippen LogP contribution in [0.25, 0.3) is 10.9 Å². The number of hydrogen-bond donors (Lipinski definition) is 2. The summed E-state index contributed by atoms with van der Waals surface area (Å²) in [5, 5.41) is 14.2. The first-order chi connectivity index (χ1) is 11.8. The lowest BCUT2D eigenvalue weighted by molar-refractivity contribution is 0.314. The number of H-pyrrole nitrogens is 1. The van der Waals surface area contributed by atoms with Crippen molar-refractivity contribution in [2.75, 3.05) is 7.11 Å². The second-order valence-electron chi connectivity index (χ2n) is 6.24. The number of aromatic amines is 1. The molecule has 4 nitrogen and oxygen atoms in total. The number of methoxy groups -OCH3 is 1. The van der Waals surface area contributed by atoms with Crippen LogP contribution in [0.15, 0.2) is 53.8 Å². The molecular weight excluding hydrogens is 300 g/mol. The van der Waals surface area contributed by atoms with Gasteiger partial charge in [0.25, 0.3) is 0 Å². The molecule has 0 spiro atoms. The predicted molar refractivity (Wildman–Crippen MR) is 95.3 cm³/mol. The van der Waals surface area contributed by atoms with Crippen LogP contribution in [0.2, 0.25) is 0 Å².